The number of allylic oxidation sites excluding steroid dienone is 4. The van der Waals surface area contributed by atoms with Crippen molar-refractivity contribution in [1.82, 2.24) is 0 Å². The molecule has 0 N–H and O–H groups in total. The maximum atomic E-state index is 2.49. The fourth-order valence-corrected chi connectivity index (χ4v) is 6.97. The summed E-state index contributed by atoms with van der Waals surface area (Å²) in [5.74, 6) is 0. The van der Waals surface area contributed by atoms with Crippen molar-refractivity contribution in [2.24, 2.45) is 0 Å². The molecule has 0 fully saturated rings. The second-order valence-corrected chi connectivity index (χ2v) is 9.56. The summed E-state index contributed by atoms with van der Waals surface area (Å²) in [5.41, 5.74) is 0. The van der Waals surface area contributed by atoms with Crippen molar-refractivity contribution < 1.29 is 0 Å². The van der Waals surface area contributed by atoms with Crippen LogP contribution in [0.2, 0.25) is 0 Å². The molecule has 2 aromatic carbocycles. The van der Waals surface area contributed by atoms with Gasteiger partial charge in [-0.25, -0.2) is 0 Å². The van der Waals surface area contributed by atoms with Gasteiger partial charge in [0.05, 0.1) is 0 Å². The van der Waals surface area contributed by atoms with Gasteiger partial charge in [-0.3, -0.25) is 0 Å². The summed E-state index contributed by atoms with van der Waals surface area (Å²) >= 11 is 0. The van der Waals surface area contributed by atoms with Gasteiger partial charge in [0, 0.05) is 0 Å². The van der Waals surface area contributed by atoms with Crippen LogP contribution in [0, 0.1) is 0 Å². The average Bonchev–Trinajstić information content (AvgIpc) is 2.56. The van der Waals surface area contributed by atoms with Crippen molar-refractivity contribution >= 4 is 17.9 Å². The molecule has 0 bridgehead atoms. The van der Waals surface area contributed by atoms with Crippen LogP contribution in [0.5, 0.6) is 0 Å². The van der Waals surface area contributed by atoms with E-state index in [0.29, 0.717) is 0 Å². The van der Waals surface area contributed by atoms with E-state index in [2.05, 4.69) is 85.6 Å². The van der Waals surface area contributed by atoms with Gasteiger partial charge >= 0.3 is 122 Å². The molecule has 0 amide bonds. The van der Waals surface area contributed by atoms with Crippen molar-refractivity contribution in [3.05, 3.63) is 84.2 Å². The normalized spacial score (nSPS) is 15.8. The zero-order valence-corrected chi connectivity index (χ0v) is 12.9. The molecule has 0 nitrogen and oxygen atoms in total. The molecule has 20 heavy (non-hydrogen) atoms. The first-order chi connectivity index (χ1) is 9.82. The Morgan fingerprint density at radius 1 is 0.800 bits per heavy atom. The topological polar surface area (TPSA) is 0 Å². The molecule has 0 radical (unpaired) electrons. The van der Waals surface area contributed by atoms with E-state index in [1.54, 1.807) is 5.31 Å². The van der Waals surface area contributed by atoms with Gasteiger partial charge in [0.25, 0.3) is 0 Å². The average molecular weight is 280 g/mol. The summed E-state index contributed by atoms with van der Waals surface area (Å²) in [6, 6.07) is 22.1. The van der Waals surface area contributed by atoms with E-state index in [9.17, 15) is 0 Å². The van der Waals surface area contributed by atoms with Crippen molar-refractivity contribution in [2.45, 2.75) is 12.8 Å². The van der Waals surface area contributed by atoms with E-state index < -0.39 is 7.26 Å². The fraction of sp³-hybridized carbons (Fsp3) is 0.158. The van der Waals surface area contributed by atoms with Gasteiger partial charge in [-0.1, -0.05) is 0 Å². The van der Waals surface area contributed by atoms with E-state index >= 15 is 0 Å². The van der Waals surface area contributed by atoms with Gasteiger partial charge in [-0.15, -0.1) is 0 Å². The summed E-state index contributed by atoms with van der Waals surface area (Å²) in [6.45, 7) is 2.49. The monoisotopic (exact) mass is 280 g/mol. The molecule has 1 aliphatic carbocycles. The van der Waals surface area contributed by atoms with Gasteiger partial charge in [-0.2, -0.15) is 0 Å². The number of hydrogen-bond donors (Lipinski definition) is 0. The molecule has 0 aromatic heterocycles. The molecule has 1 heteroatoms. The van der Waals surface area contributed by atoms with E-state index in [4.69, 9.17) is 0 Å². The van der Waals surface area contributed by atoms with Crippen LogP contribution >= 0.6 is 7.26 Å². The molecule has 0 atom stereocenters. The summed E-state index contributed by atoms with van der Waals surface area (Å²) in [6.07, 6.45) is 9.23. The fourth-order valence-electron chi connectivity index (χ4n) is 3.10. The quantitative estimate of drug-likeness (QED) is 0.737. The Labute approximate surface area is 122 Å². The maximum absolute atomic E-state index is 2.49. The first-order valence-corrected chi connectivity index (χ1v) is 9.79. The molecule has 102 valence electrons. The van der Waals surface area contributed by atoms with Crippen LogP contribution in [0.4, 0.5) is 0 Å². The van der Waals surface area contributed by atoms with Gasteiger partial charge in [0.15, 0.2) is 0 Å². The number of hydrogen-bond acceptors (Lipinski definition) is 0. The molecule has 2 aromatic rings. The molecule has 0 saturated heterocycles. The van der Waals surface area contributed by atoms with Crippen LogP contribution < -0.4 is 10.6 Å². The molecule has 0 unspecified atom stereocenters. The molecule has 0 aliphatic heterocycles. The molecular formula is C19H21P. The summed E-state index contributed by atoms with van der Waals surface area (Å²) in [4.78, 5) is 0. The molecular weight excluding hydrogens is 259 g/mol. The summed E-state index contributed by atoms with van der Waals surface area (Å²) in [5, 5.41) is 4.65. The molecule has 0 heterocycles. The third kappa shape index (κ3) is 2.37. The number of rotatable bonds is 3. The van der Waals surface area contributed by atoms with E-state index in [0.717, 1.165) is 0 Å². The van der Waals surface area contributed by atoms with Gasteiger partial charge in [0.1, 0.15) is 0 Å². The van der Waals surface area contributed by atoms with Crippen LogP contribution in [0.15, 0.2) is 84.2 Å². The first-order valence-electron chi connectivity index (χ1n) is 7.29. The molecule has 3 rings (SSSR count). The van der Waals surface area contributed by atoms with E-state index in [1.807, 2.05) is 0 Å². The van der Waals surface area contributed by atoms with Gasteiger partial charge in [-0.05, 0) is 0 Å². The number of benzene rings is 2. The molecule has 0 saturated carbocycles. The Hall–Kier alpha value is -1.65. The Morgan fingerprint density at radius 2 is 1.35 bits per heavy atom. The van der Waals surface area contributed by atoms with Crippen LogP contribution in [-0.4, -0.2) is 6.66 Å². The zero-order valence-electron chi connectivity index (χ0n) is 11.9. The Kier molecular flexibility index (Phi) is 3.85. The van der Waals surface area contributed by atoms with E-state index in [-0.39, 0.29) is 0 Å². The second-order valence-electron chi connectivity index (χ2n) is 5.52. The summed E-state index contributed by atoms with van der Waals surface area (Å²) in [7, 11) is -1.79. The Bertz CT molecular complexity index is 584. The van der Waals surface area contributed by atoms with Crippen LogP contribution in [0.3, 0.4) is 0 Å². The third-order valence-electron chi connectivity index (χ3n) is 4.36. The summed E-state index contributed by atoms with van der Waals surface area (Å²) < 4.78 is 0. The minimum atomic E-state index is -1.79. The standard InChI is InChI=1S/C19H21P/c1-20(17-11-5-2-6-12-17,18-13-7-3-8-14-18)19-15-9-4-10-16-19/h2-9,11-15,20H,10,16H2,1H3. The first kappa shape index (κ1) is 13.3. The van der Waals surface area contributed by atoms with Gasteiger partial charge < -0.3 is 0 Å². The SMILES string of the molecule is C[PH](C1=CC=CCC1)(c1ccccc1)c1ccccc1. The molecule has 1 aliphatic rings. The van der Waals surface area contributed by atoms with Gasteiger partial charge in [0.2, 0.25) is 0 Å². The van der Waals surface area contributed by atoms with Crippen LogP contribution in [-0.2, 0) is 0 Å². The Morgan fingerprint density at radius 3 is 1.80 bits per heavy atom. The van der Waals surface area contributed by atoms with Crippen molar-refractivity contribution in [3.63, 3.8) is 0 Å². The van der Waals surface area contributed by atoms with Crippen LogP contribution in [0.1, 0.15) is 12.8 Å². The van der Waals surface area contributed by atoms with Crippen LogP contribution in [0.25, 0.3) is 0 Å². The van der Waals surface area contributed by atoms with Crippen molar-refractivity contribution in [1.29, 1.82) is 0 Å². The Balaban J connectivity index is 2.18. The predicted octanol–water partition coefficient (Wildman–Crippen LogP) is 4.25. The second kappa shape index (κ2) is 5.77. The zero-order chi connectivity index (χ0) is 13.8. The van der Waals surface area contributed by atoms with Crippen molar-refractivity contribution in [2.75, 3.05) is 6.66 Å². The minimum absolute atomic E-state index is 1.17. The third-order valence-corrected chi connectivity index (χ3v) is 9.04. The van der Waals surface area contributed by atoms with Crippen molar-refractivity contribution in [3.8, 4) is 0 Å². The molecule has 0 spiro atoms. The predicted molar refractivity (Wildman–Crippen MR) is 92.8 cm³/mol. The van der Waals surface area contributed by atoms with E-state index in [1.165, 1.54) is 23.5 Å².